The Hall–Kier alpha value is -2.83. The molecule has 0 amide bonds. The minimum Gasteiger partial charge on any atom is -0.429 e. The van der Waals surface area contributed by atoms with Gasteiger partial charge in [-0.3, -0.25) is 4.79 Å². The fourth-order valence-electron chi connectivity index (χ4n) is 2.65. The van der Waals surface area contributed by atoms with E-state index in [1.165, 1.54) is 16.8 Å². The standard InChI is InChI=1S/C20H16Cl2N2O4/c1-12-17(18(25)15-9-8-14(21)10-16(15)22)19(24(2)23-12)28-20(26)27-11-13-6-4-3-5-7-13/h3-10H,11H2,1-2H3. The summed E-state index contributed by atoms with van der Waals surface area (Å²) in [6.45, 7) is 1.68. The lowest BCUT2D eigenvalue weighted by molar-refractivity contribution is 0.0887. The van der Waals surface area contributed by atoms with E-state index in [1.54, 1.807) is 20.0 Å². The number of hydrogen-bond donors (Lipinski definition) is 0. The molecule has 0 fully saturated rings. The number of rotatable bonds is 5. The van der Waals surface area contributed by atoms with Crippen molar-refractivity contribution in [2.75, 3.05) is 0 Å². The Bertz CT molecular complexity index is 1030. The lowest BCUT2D eigenvalue weighted by Crippen LogP contribution is -2.15. The van der Waals surface area contributed by atoms with Crippen molar-refractivity contribution in [3.63, 3.8) is 0 Å². The summed E-state index contributed by atoms with van der Waals surface area (Å²) in [6, 6.07) is 13.7. The lowest BCUT2D eigenvalue weighted by Gasteiger charge is -2.09. The Balaban J connectivity index is 1.82. The van der Waals surface area contributed by atoms with Crippen molar-refractivity contribution in [2.45, 2.75) is 13.5 Å². The van der Waals surface area contributed by atoms with Crippen molar-refractivity contribution in [3.05, 3.63) is 81.0 Å². The fraction of sp³-hybridized carbons (Fsp3) is 0.150. The predicted octanol–water partition coefficient (Wildman–Crippen LogP) is 4.98. The molecule has 0 saturated carbocycles. The highest BCUT2D eigenvalue weighted by Gasteiger charge is 2.26. The molecular weight excluding hydrogens is 403 g/mol. The van der Waals surface area contributed by atoms with E-state index in [4.69, 9.17) is 32.7 Å². The molecule has 0 saturated heterocycles. The van der Waals surface area contributed by atoms with E-state index in [0.717, 1.165) is 5.56 Å². The first-order chi connectivity index (χ1) is 13.4. The third-order valence-corrected chi connectivity index (χ3v) is 4.50. The number of halogens is 2. The van der Waals surface area contributed by atoms with Crippen LogP contribution in [0.2, 0.25) is 10.0 Å². The minimum absolute atomic E-state index is 0.0217. The minimum atomic E-state index is -0.942. The van der Waals surface area contributed by atoms with Gasteiger partial charge in [0.1, 0.15) is 12.2 Å². The first kappa shape index (κ1) is 19.9. The molecule has 6 nitrogen and oxygen atoms in total. The molecule has 0 aliphatic heterocycles. The van der Waals surface area contributed by atoms with Crippen molar-refractivity contribution in [1.82, 2.24) is 9.78 Å². The van der Waals surface area contributed by atoms with Gasteiger partial charge in [-0.2, -0.15) is 5.10 Å². The second kappa shape index (κ2) is 8.46. The van der Waals surface area contributed by atoms with Crippen molar-refractivity contribution in [3.8, 4) is 5.88 Å². The highest BCUT2D eigenvalue weighted by molar-refractivity contribution is 6.37. The predicted molar refractivity (Wildman–Crippen MR) is 105 cm³/mol. The van der Waals surface area contributed by atoms with E-state index in [9.17, 15) is 9.59 Å². The molecule has 0 N–H and O–H groups in total. The normalized spacial score (nSPS) is 10.6. The quantitative estimate of drug-likeness (QED) is 0.431. The van der Waals surface area contributed by atoms with Gasteiger partial charge in [-0.1, -0.05) is 53.5 Å². The molecule has 28 heavy (non-hydrogen) atoms. The Kier molecular flexibility index (Phi) is 6.02. The van der Waals surface area contributed by atoms with Gasteiger partial charge in [-0.25, -0.2) is 9.48 Å². The van der Waals surface area contributed by atoms with Crippen LogP contribution in [0.25, 0.3) is 0 Å². The largest absolute Gasteiger partial charge is 0.515 e. The molecule has 3 aromatic rings. The number of aryl methyl sites for hydroxylation is 2. The molecule has 0 unspecified atom stereocenters. The topological polar surface area (TPSA) is 70.4 Å². The van der Waals surface area contributed by atoms with E-state index in [0.29, 0.717) is 10.7 Å². The summed E-state index contributed by atoms with van der Waals surface area (Å²) in [4.78, 5) is 25.1. The van der Waals surface area contributed by atoms with E-state index in [-0.39, 0.29) is 28.6 Å². The smallest absolute Gasteiger partial charge is 0.429 e. The van der Waals surface area contributed by atoms with Crippen LogP contribution < -0.4 is 4.74 Å². The molecule has 0 atom stereocenters. The van der Waals surface area contributed by atoms with Crippen LogP contribution in [-0.2, 0) is 18.4 Å². The van der Waals surface area contributed by atoms with Gasteiger partial charge in [0.05, 0.1) is 10.7 Å². The van der Waals surface area contributed by atoms with Crippen LogP contribution in [-0.4, -0.2) is 21.7 Å². The maximum Gasteiger partial charge on any atom is 0.515 e. The Morgan fingerprint density at radius 1 is 1.11 bits per heavy atom. The van der Waals surface area contributed by atoms with Gasteiger partial charge >= 0.3 is 6.16 Å². The zero-order valence-corrected chi connectivity index (χ0v) is 16.6. The summed E-state index contributed by atoms with van der Waals surface area (Å²) in [5.41, 5.74) is 1.56. The first-order valence-corrected chi connectivity index (χ1v) is 9.04. The van der Waals surface area contributed by atoms with Crippen LogP contribution in [0, 0.1) is 6.92 Å². The SMILES string of the molecule is Cc1nn(C)c(OC(=O)OCc2ccccc2)c1C(=O)c1ccc(Cl)cc1Cl. The average molecular weight is 419 g/mol. The van der Waals surface area contributed by atoms with Gasteiger partial charge in [0.2, 0.25) is 11.7 Å². The second-order valence-corrected chi connectivity index (χ2v) is 6.81. The van der Waals surface area contributed by atoms with Crippen LogP contribution in [0.3, 0.4) is 0 Å². The molecule has 0 radical (unpaired) electrons. The summed E-state index contributed by atoms with van der Waals surface area (Å²) in [5.74, 6) is -0.454. The number of carbonyl (C=O) groups excluding carboxylic acids is 2. The third kappa shape index (κ3) is 4.35. The maximum atomic E-state index is 13.0. The fourth-order valence-corrected chi connectivity index (χ4v) is 3.14. The number of aromatic nitrogens is 2. The number of ketones is 1. The van der Waals surface area contributed by atoms with Crippen LogP contribution in [0.15, 0.2) is 48.5 Å². The summed E-state index contributed by atoms with van der Waals surface area (Å²) >= 11 is 12.0. The zero-order chi connectivity index (χ0) is 20.3. The van der Waals surface area contributed by atoms with Crippen LogP contribution in [0.1, 0.15) is 27.2 Å². The monoisotopic (exact) mass is 418 g/mol. The van der Waals surface area contributed by atoms with Crippen molar-refractivity contribution in [2.24, 2.45) is 7.05 Å². The number of hydrogen-bond acceptors (Lipinski definition) is 5. The molecule has 0 bridgehead atoms. The third-order valence-electron chi connectivity index (χ3n) is 3.95. The van der Waals surface area contributed by atoms with Crippen molar-refractivity contribution in [1.29, 1.82) is 0 Å². The van der Waals surface area contributed by atoms with Crippen LogP contribution in [0.4, 0.5) is 4.79 Å². The molecule has 1 heterocycles. The lowest BCUT2D eigenvalue weighted by atomic mass is 10.0. The highest BCUT2D eigenvalue weighted by Crippen LogP contribution is 2.29. The molecular formula is C20H16Cl2N2O4. The van der Waals surface area contributed by atoms with E-state index in [1.807, 2.05) is 30.3 Å². The number of nitrogens with zero attached hydrogens (tertiary/aromatic N) is 2. The van der Waals surface area contributed by atoms with Gasteiger partial charge in [0.15, 0.2) is 0 Å². The summed E-state index contributed by atoms with van der Waals surface area (Å²) in [7, 11) is 1.56. The van der Waals surface area contributed by atoms with E-state index < -0.39 is 11.9 Å². The van der Waals surface area contributed by atoms with Crippen LogP contribution in [0.5, 0.6) is 5.88 Å². The molecule has 8 heteroatoms. The molecule has 0 spiro atoms. The van der Waals surface area contributed by atoms with Gasteiger partial charge in [-0.15, -0.1) is 0 Å². The van der Waals surface area contributed by atoms with Crippen LogP contribution >= 0.6 is 23.2 Å². The first-order valence-electron chi connectivity index (χ1n) is 8.28. The molecule has 0 aliphatic carbocycles. The summed E-state index contributed by atoms with van der Waals surface area (Å²) in [5, 5.41) is 4.77. The number of ether oxygens (including phenoxy) is 2. The van der Waals surface area contributed by atoms with Gasteiger partial charge in [-0.05, 0) is 30.7 Å². The van der Waals surface area contributed by atoms with Gasteiger partial charge in [0, 0.05) is 17.6 Å². The Morgan fingerprint density at radius 3 is 2.50 bits per heavy atom. The number of carbonyl (C=O) groups is 2. The molecule has 144 valence electrons. The van der Waals surface area contributed by atoms with Gasteiger partial charge in [0.25, 0.3) is 0 Å². The second-order valence-electron chi connectivity index (χ2n) is 5.97. The Labute approximate surface area is 171 Å². The molecule has 1 aromatic heterocycles. The van der Waals surface area contributed by atoms with E-state index >= 15 is 0 Å². The molecule has 3 rings (SSSR count). The van der Waals surface area contributed by atoms with Crippen molar-refractivity contribution >= 4 is 35.1 Å². The van der Waals surface area contributed by atoms with E-state index in [2.05, 4.69) is 5.10 Å². The zero-order valence-electron chi connectivity index (χ0n) is 15.1. The summed E-state index contributed by atoms with van der Waals surface area (Å²) in [6.07, 6.45) is -0.942. The summed E-state index contributed by atoms with van der Waals surface area (Å²) < 4.78 is 11.7. The molecule has 2 aromatic carbocycles. The average Bonchev–Trinajstić information content (AvgIpc) is 2.93. The van der Waals surface area contributed by atoms with Crippen molar-refractivity contribution < 1.29 is 19.1 Å². The Morgan fingerprint density at radius 2 is 1.82 bits per heavy atom. The number of benzene rings is 2. The van der Waals surface area contributed by atoms with Gasteiger partial charge < -0.3 is 9.47 Å². The molecule has 0 aliphatic rings. The maximum absolute atomic E-state index is 13.0. The highest BCUT2D eigenvalue weighted by atomic mass is 35.5.